The van der Waals surface area contributed by atoms with Crippen LogP contribution in [0, 0.1) is 0 Å². The van der Waals surface area contributed by atoms with Gasteiger partial charge in [0, 0.05) is 15.9 Å². The maximum Gasteiger partial charge on any atom is 0.265 e. The van der Waals surface area contributed by atoms with Gasteiger partial charge in [-0.25, -0.2) is 9.67 Å². The molecule has 130 valence electrons. The topological polar surface area (TPSA) is 69.0 Å². The van der Waals surface area contributed by atoms with Crippen LogP contribution in [-0.4, -0.2) is 26.8 Å². The van der Waals surface area contributed by atoms with Crippen molar-refractivity contribution in [2.24, 2.45) is 0 Å². The van der Waals surface area contributed by atoms with E-state index in [2.05, 4.69) is 31.3 Å². The zero-order chi connectivity index (χ0) is 18.0. The van der Waals surface area contributed by atoms with Crippen molar-refractivity contribution in [3.63, 3.8) is 0 Å². The van der Waals surface area contributed by atoms with E-state index in [1.54, 1.807) is 19.3 Å². The average Bonchev–Trinajstić information content (AvgIpc) is 3.00. The first-order valence-electron chi connectivity index (χ1n) is 8.00. The standard InChI is InChI=1S/C18H19BrN4O2/c1-11(2)23-17-13(9-21-23)8-15(10-20-17)22-18(24)12(3)25-16-6-4-14(19)5-7-16/h4-12H,1-3H3,(H,22,24)/t12-/m1/s1. The Labute approximate surface area is 154 Å². The summed E-state index contributed by atoms with van der Waals surface area (Å²) in [5.74, 6) is 0.401. The van der Waals surface area contributed by atoms with Crippen LogP contribution >= 0.6 is 15.9 Å². The molecule has 0 aliphatic carbocycles. The maximum atomic E-state index is 12.3. The largest absolute Gasteiger partial charge is 0.481 e. The Hall–Kier alpha value is -2.41. The van der Waals surface area contributed by atoms with Crippen molar-refractivity contribution in [1.82, 2.24) is 14.8 Å². The predicted molar refractivity (Wildman–Crippen MR) is 101 cm³/mol. The molecule has 6 nitrogen and oxygen atoms in total. The lowest BCUT2D eigenvalue weighted by Gasteiger charge is -2.15. The van der Waals surface area contributed by atoms with Crippen LogP contribution in [0.15, 0.2) is 47.2 Å². The van der Waals surface area contributed by atoms with E-state index in [9.17, 15) is 4.79 Å². The highest BCUT2D eigenvalue weighted by atomic mass is 79.9. The van der Waals surface area contributed by atoms with Gasteiger partial charge in [0.2, 0.25) is 0 Å². The van der Waals surface area contributed by atoms with Gasteiger partial charge in [0.15, 0.2) is 11.8 Å². The van der Waals surface area contributed by atoms with Crippen molar-refractivity contribution in [3.8, 4) is 5.75 Å². The number of nitrogens with zero attached hydrogens (tertiary/aromatic N) is 3. The molecule has 0 bridgehead atoms. The van der Waals surface area contributed by atoms with E-state index < -0.39 is 6.10 Å². The van der Waals surface area contributed by atoms with Gasteiger partial charge in [-0.05, 0) is 51.1 Å². The Morgan fingerprint density at radius 2 is 1.92 bits per heavy atom. The summed E-state index contributed by atoms with van der Waals surface area (Å²) in [5, 5.41) is 8.04. The Kier molecular flexibility index (Phi) is 5.03. The molecule has 2 heterocycles. The van der Waals surface area contributed by atoms with E-state index in [1.165, 1.54) is 0 Å². The molecule has 7 heteroatoms. The van der Waals surface area contributed by atoms with Crippen molar-refractivity contribution in [1.29, 1.82) is 0 Å². The fraction of sp³-hybridized carbons (Fsp3) is 0.278. The molecule has 0 saturated heterocycles. The van der Waals surface area contributed by atoms with Crippen LogP contribution in [-0.2, 0) is 4.79 Å². The minimum Gasteiger partial charge on any atom is -0.481 e. The van der Waals surface area contributed by atoms with Gasteiger partial charge in [-0.2, -0.15) is 5.10 Å². The van der Waals surface area contributed by atoms with Gasteiger partial charge in [-0.3, -0.25) is 4.79 Å². The first kappa shape index (κ1) is 17.4. The number of carbonyl (C=O) groups excluding carboxylic acids is 1. The van der Waals surface area contributed by atoms with Gasteiger partial charge in [0.25, 0.3) is 5.91 Å². The van der Waals surface area contributed by atoms with E-state index in [1.807, 2.05) is 48.9 Å². The van der Waals surface area contributed by atoms with Crippen LogP contribution < -0.4 is 10.1 Å². The number of fused-ring (bicyclic) bond motifs is 1. The Morgan fingerprint density at radius 3 is 2.60 bits per heavy atom. The van der Waals surface area contributed by atoms with E-state index in [-0.39, 0.29) is 11.9 Å². The van der Waals surface area contributed by atoms with Crippen LogP contribution in [0.1, 0.15) is 26.8 Å². The number of anilines is 1. The maximum absolute atomic E-state index is 12.3. The first-order chi connectivity index (χ1) is 11.9. The summed E-state index contributed by atoms with van der Waals surface area (Å²) < 4.78 is 8.46. The normalized spacial score (nSPS) is 12.4. The van der Waals surface area contributed by atoms with Gasteiger partial charge in [-0.1, -0.05) is 15.9 Å². The number of hydrogen-bond acceptors (Lipinski definition) is 4. The number of benzene rings is 1. The SMILES string of the molecule is CC(C)n1ncc2cc(NC(=O)[C@@H](C)Oc3ccc(Br)cc3)cnc21. The highest BCUT2D eigenvalue weighted by molar-refractivity contribution is 9.10. The molecule has 1 aromatic carbocycles. The first-order valence-corrected chi connectivity index (χ1v) is 8.79. The Morgan fingerprint density at radius 1 is 1.20 bits per heavy atom. The summed E-state index contributed by atoms with van der Waals surface area (Å²) in [6.45, 7) is 5.80. The van der Waals surface area contributed by atoms with Crippen molar-refractivity contribution in [2.75, 3.05) is 5.32 Å². The van der Waals surface area contributed by atoms with E-state index in [4.69, 9.17) is 4.74 Å². The molecule has 0 spiro atoms. The molecule has 0 aliphatic rings. The summed E-state index contributed by atoms with van der Waals surface area (Å²) in [7, 11) is 0. The zero-order valence-electron chi connectivity index (χ0n) is 14.2. The van der Waals surface area contributed by atoms with Crippen molar-refractivity contribution >= 4 is 38.6 Å². The lowest BCUT2D eigenvalue weighted by molar-refractivity contribution is -0.122. The third-order valence-electron chi connectivity index (χ3n) is 3.69. The number of nitrogens with one attached hydrogen (secondary N) is 1. The van der Waals surface area contributed by atoms with Gasteiger partial charge < -0.3 is 10.1 Å². The number of halogens is 1. The molecular weight excluding hydrogens is 384 g/mol. The molecule has 0 fully saturated rings. The van der Waals surface area contributed by atoms with Crippen molar-refractivity contribution in [2.45, 2.75) is 32.9 Å². The van der Waals surface area contributed by atoms with E-state index >= 15 is 0 Å². The van der Waals surface area contributed by atoms with Gasteiger partial charge in [0.05, 0.1) is 18.1 Å². The van der Waals surface area contributed by atoms with Gasteiger partial charge in [0.1, 0.15) is 5.75 Å². The molecule has 1 N–H and O–H groups in total. The average molecular weight is 403 g/mol. The van der Waals surface area contributed by atoms with Gasteiger partial charge >= 0.3 is 0 Å². The van der Waals surface area contributed by atoms with Crippen molar-refractivity contribution < 1.29 is 9.53 Å². The molecular formula is C18H19BrN4O2. The molecule has 25 heavy (non-hydrogen) atoms. The monoisotopic (exact) mass is 402 g/mol. The van der Waals surface area contributed by atoms with E-state index in [0.717, 1.165) is 15.5 Å². The molecule has 0 aliphatic heterocycles. The highest BCUT2D eigenvalue weighted by Crippen LogP contribution is 2.20. The number of hydrogen-bond donors (Lipinski definition) is 1. The lowest BCUT2D eigenvalue weighted by Crippen LogP contribution is -2.30. The van der Waals surface area contributed by atoms with Crippen LogP contribution in [0.5, 0.6) is 5.75 Å². The second kappa shape index (κ2) is 7.23. The lowest BCUT2D eigenvalue weighted by atomic mass is 10.3. The fourth-order valence-electron chi connectivity index (χ4n) is 2.40. The fourth-order valence-corrected chi connectivity index (χ4v) is 2.67. The third kappa shape index (κ3) is 3.99. The van der Waals surface area contributed by atoms with Crippen LogP contribution in [0.25, 0.3) is 11.0 Å². The van der Waals surface area contributed by atoms with Gasteiger partial charge in [-0.15, -0.1) is 0 Å². The summed E-state index contributed by atoms with van der Waals surface area (Å²) in [6, 6.07) is 9.43. The minimum atomic E-state index is -0.629. The minimum absolute atomic E-state index is 0.227. The number of rotatable bonds is 5. The summed E-state index contributed by atoms with van der Waals surface area (Å²) in [4.78, 5) is 16.7. The molecule has 0 radical (unpaired) electrons. The molecule has 1 amide bonds. The predicted octanol–water partition coefficient (Wildman–Crippen LogP) is 4.18. The zero-order valence-corrected chi connectivity index (χ0v) is 15.8. The molecule has 2 aromatic heterocycles. The van der Waals surface area contributed by atoms with E-state index in [0.29, 0.717) is 11.4 Å². The number of ether oxygens (including phenoxy) is 1. The molecule has 3 rings (SSSR count). The second-order valence-corrected chi connectivity index (χ2v) is 6.94. The van der Waals surface area contributed by atoms with Crippen molar-refractivity contribution in [3.05, 3.63) is 47.2 Å². The van der Waals surface area contributed by atoms with Crippen LogP contribution in [0.4, 0.5) is 5.69 Å². The molecule has 1 atom stereocenters. The summed E-state index contributed by atoms with van der Waals surface area (Å²) in [6.07, 6.45) is 2.75. The third-order valence-corrected chi connectivity index (χ3v) is 4.21. The number of amides is 1. The summed E-state index contributed by atoms with van der Waals surface area (Å²) in [5.41, 5.74) is 1.42. The quantitative estimate of drug-likeness (QED) is 0.694. The molecule has 0 unspecified atom stereocenters. The number of carbonyl (C=O) groups is 1. The van der Waals surface area contributed by atoms with Crippen LogP contribution in [0.2, 0.25) is 0 Å². The summed E-state index contributed by atoms with van der Waals surface area (Å²) >= 11 is 3.37. The number of pyridine rings is 1. The highest BCUT2D eigenvalue weighted by Gasteiger charge is 2.16. The number of aromatic nitrogens is 3. The Bertz CT molecular complexity index is 890. The Balaban J connectivity index is 1.69. The smallest absolute Gasteiger partial charge is 0.265 e. The molecule has 0 saturated carbocycles. The van der Waals surface area contributed by atoms with Crippen LogP contribution in [0.3, 0.4) is 0 Å². The second-order valence-electron chi connectivity index (χ2n) is 6.02. The molecule has 3 aromatic rings.